The van der Waals surface area contributed by atoms with Crippen LogP contribution < -0.4 is 10.2 Å². The van der Waals surface area contributed by atoms with Crippen molar-refractivity contribution >= 4 is 21.6 Å². The molecule has 1 aliphatic heterocycles. The van der Waals surface area contributed by atoms with Crippen LogP contribution in [0.1, 0.15) is 40.7 Å². The molecule has 0 bridgehead atoms. The first kappa shape index (κ1) is 24.1. The average molecular weight is 470 g/mol. The minimum absolute atomic E-state index is 0.0209. The number of benzene rings is 2. The van der Waals surface area contributed by atoms with Crippen molar-refractivity contribution in [3.05, 3.63) is 59.2 Å². The van der Waals surface area contributed by atoms with E-state index in [9.17, 15) is 26.4 Å². The van der Waals surface area contributed by atoms with Gasteiger partial charge < -0.3 is 10.2 Å². The maximum atomic E-state index is 13.0. The fraction of sp³-hybridized carbons (Fsp3) is 0.409. The molecule has 1 saturated heterocycles. The van der Waals surface area contributed by atoms with Crippen LogP contribution in [-0.4, -0.2) is 45.8 Å². The number of rotatable bonds is 6. The van der Waals surface area contributed by atoms with Crippen LogP contribution in [0, 0.1) is 0 Å². The molecule has 0 atom stereocenters. The summed E-state index contributed by atoms with van der Waals surface area (Å²) in [6.07, 6.45) is -1.47. The van der Waals surface area contributed by atoms with E-state index in [0.29, 0.717) is 11.3 Å². The molecule has 1 amide bonds. The lowest BCUT2D eigenvalue weighted by atomic mass is 10.1. The van der Waals surface area contributed by atoms with Gasteiger partial charge in [-0.3, -0.25) is 4.79 Å². The molecule has 2 aromatic rings. The number of alkyl halides is 3. The Morgan fingerprint density at radius 2 is 1.75 bits per heavy atom. The second-order valence-corrected chi connectivity index (χ2v) is 10.0. The zero-order valence-electron chi connectivity index (χ0n) is 17.9. The average Bonchev–Trinajstić information content (AvgIpc) is 2.77. The second kappa shape index (κ2) is 9.50. The highest BCUT2D eigenvalue weighted by Gasteiger charge is 2.30. The molecule has 1 aliphatic rings. The Hall–Kier alpha value is -2.59. The lowest BCUT2D eigenvalue weighted by molar-refractivity contribution is -0.137. The van der Waals surface area contributed by atoms with Gasteiger partial charge >= 0.3 is 6.18 Å². The number of carbonyl (C=O) groups excluding carboxylic acids is 1. The smallest absolute Gasteiger partial charge is 0.371 e. The molecule has 0 unspecified atom stereocenters. The summed E-state index contributed by atoms with van der Waals surface area (Å²) >= 11 is 0. The Kier molecular flexibility index (Phi) is 7.14. The van der Waals surface area contributed by atoms with Gasteiger partial charge in [0.05, 0.1) is 16.0 Å². The van der Waals surface area contributed by atoms with Crippen LogP contribution in [0.5, 0.6) is 0 Å². The van der Waals surface area contributed by atoms with Gasteiger partial charge in [-0.05, 0) is 55.2 Å². The number of hydrogen-bond acceptors (Lipinski definition) is 4. The minimum Gasteiger partial charge on any atom is -0.371 e. The highest BCUT2D eigenvalue weighted by Crippen LogP contribution is 2.30. The van der Waals surface area contributed by atoms with Crippen molar-refractivity contribution in [3.63, 3.8) is 0 Å². The summed E-state index contributed by atoms with van der Waals surface area (Å²) in [5.41, 5.74) is 0.299. The number of carbonyl (C=O) groups is 1. The van der Waals surface area contributed by atoms with Crippen molar-refractivity contribution in [2.24, 2.45) is 0 Å². The summed E-state index contributed by atoms with van der Waals surface area (Å²) in [5, 5.41) is 2.64. The molecule has 0 aliphatic carbocycles. The van der Waals surface area contributed by atoms with Crippen LogP contribution >= 0.6 is 0 Å². The van der Waals surface area contributed by atoms with E-state index in [1.54, 1.807) is 6.07 Å². The van der Waals surface area contributed by atoms with Crippen molar-refractivity contribution in [2.75, 3.05) is 32.1 Å². The maximum absolute atomic E-state index is 13.0. The lowest BCUT2D eigenvalue weighted by Gasteiger charge is -2.30. The molecule has 6 nitrogen and oxygen atoms in total. The summed E-state index contributed by atoms with van der Waals surface area (Å²) < 4.78 is 65.1. The molecule has 32 heavy (non-hydrogen) atoms. The Bertz CT molecular complexity index is 1080. The van der Waals surface area contributed by atoms with E-state index in [0.717, 1.165) is 48.8 Å². The van der Waals surface area contributed by atoms with Crippen LogP contribution in [0.3, 0.4) is 0 Å². The molecule has 1 fully saturated rings. The number of piperidine rings is 1. The van der Waals surface area contributed by atoms with Crippen molar-refractivity contribution in [2.45, 2.75) is 36.9 Å². The van der Waals surface area contributed by atoms with Crippen LogP contribution in [0.25, 0.3) is 0 Å². The summed E-state index contributed by atoms with van der Waals surface area (Å²) in [4.78, 5) is 15.1. The van der Waals surface area contributed by atoms with Crippen molar-refractivity contribution in [3.8, 4) is 0 Å². The van der Waals surface area contributed by atoms with E-state index in [1.807, 2.05) is 4.90 Å². The van der Waals surface area contributed by atoms with Gasteiger partial charge in [0.15, 0.2) is 0 Å². The third-order valence-electron chi connectivity index (χ3n) is 5.40. The van der Waals surface area contributed by atoms with Gasteiger partial charge in [-0.15, -0.1) is 0 Å². The summed E-state index contributed by atoms with van der Waals surface area (Å²) in [7, 11) is -0.952. The standard InChI is InChI=1S/C22H26F3N3O3S/c1-27(2)32(30,31)18-9-10-20(28-11-4-3-5-12-28)19(14-18)21(29)26-15-16-7-6-8-17(13-16)22(23,24)25/h6-10,13-14H,3-5,11-12,15H2,1-2H3,(H,26,29). The predicted octanol–water partition coefficient (Wildman–Crippen LogP) is 3.88. The number of nitrogens with one attached hydrogen (secondary N) is 1. The van der Waals surface area contributed by atoms with Gasteiger partial charge in [0.1, 0.15) is 0 Å². The number of amides is 1. The Balaban J connectivity index is 1.90. The SMILES string of the molecule is CN(C)S(=O)(=O)c1ccc(N2CCCCC2)c(C(=O)NCc2cccc(C(F)(F)F)c2)c1. The normalized spacial score (nSPS) is 15.1. The first-order valence-corrected chi connectivity index (χ1v) is 11.7. The lowest BCUT2D eigenvalue weighted by Crippen LogP contribution is -2.33. The number of halogens is 3. The summed E-state index contributed by atoms with van der Waals surface area (Å²) in [5.74, 6) is -0.543. The molecule has 3 rings (SSSR count). The molecular weight excluding hydrogens is 443 g/mol. The number of nitrogens with zero attached hydrogens (tertiary/aromatic N) is 2. The fourth-order valence-corrected chi connectivity index (χ4v) is 4.54. The molecular formula is C22H26F3N3O3S. The molecule has 10 heteroatoms. The molecule has 174 valence electrons. The molecule has 0 radical (unpaired) electrons. The van der Waals surface area contributed by atoms with Crippen LogP contribution in [0.4, 0.5) is 18.9 Å². The topological polar surface area (TPSA) is 69.7 Å². The number of hydrogen-bond donors (Lipinski definition) is 1. The minimum atomic E-state index is -4.48. The van der Waals surface area contributed by atoms with Crippen LogP contribution in [0.15, 0.2) is 47.4 Å². The maximum Gasteiger partial charge on any atom is 0.416 e. The molecule has 2 aromatic carbocycles. The first-order valence-electron chi connectivity index (χ1n) is 10.3. The Morgan fingerprint density at radius 1 is 1.06 bits per heavy atom. The molecule has 1 heterocycles. The van der Waals surface area contributed by atoms with Crippen LogP contribution in [0.2, 0.25) is 0 Å². The monoisotopic (exact) mass is 469 g/mol. The van der Waals surface area contributed by atoms with E-state index in [2.05, 4.69) is 5.32 Å². The summed E-state index contributed by atoms with van der Waals surface area (Å²) in [6.45, 7) is 1.37. The first-order chi connectivity index (χ1) is 15.0. The zero-order chi connectivity index (χ0) is 23.5. The van der Waals surface area contributed by atoms with E-state index < -0.39 is 27.7 Å². The second-order valence-electron chi connectivity index (χ2n) is 7.89. The number of anilines is 1. The van der Waals surface area contributed by atoms with Gasteiger partial charge in [0.2, 0.25) is 10.0 Å². The fourth-order valence-electron chi connectivity index (χ4n) is 3.61. The van der Waals surface area contributed by atoms with Crippen molar-refractivity contribution in [1.29, 1.82) is 0 Å². The third kappa shape index (κ3) is 5.42. The van der Waals surface area contributed by atoms with Crippen LogP contribution in [-0.2, 0) is 22.7 Å². The Labute approximate surface area is 186 Å². The van der Waals surface area contributed by atoms with Gasteiger partial charge in [0.25, 0.3) is 5.91 Å². The van der Waals surface area contributed by atoms with E-state index in [4.69, 9.17) is 0 Å². The third-order valence-corrected chi connectivity index (χ3v) is 7.21. The molecule has 0 spiro atoms. The van der Waals surface area contributed by atoms with Gasteiger partial charge in [-0.2, -0.15) is 13.2 Å². The van der Waals surface area contributed by atoms with E-state index in [1.165, 1.54) is 38.4 Å². The van der Waals surface area contributed by atoms with Gasteiger partial charge in [0, 0.05) is 39.4 Å². The molecule has 0 saturated carbocycles. The van der Waals surface area contributed by atoms with Crippen molar-refractivity contribution in [1.82, 2.24) is 9.62 Å². The van der Waals surface area contributed by atoms with Crippen molar-refractivity contribution < 1.29 is 26.4 Å². The Morgan fingerprint density at radius 3 is 2.38 bits per heavy atom. The highest BCUT2D eigenvalue weighted by molar-refractivity contribution is 7.89. The van der Waals surface area contributed by atoms with Gasteiger partial charge in [-0.25, -0.2) is 12.7 Å². The summed E-state index contributed by atoms with van der Waals surface area (Å²) in [6, 6.07) is 9.17. The zero-order valence-corrected chi connectivity index (χ0v) is 18.8. The van der Waals surface area contributed by atoms with E-state index in [-0.39, 0.29) is 17.0 Å². The molecule has 0 aromatic heterocycles. The predicted molar refractivity (Wildman–Crippen MR) is 116 cm³/mol. The van der Waals surface area contributed by atoms with Gasteiger partial charge in [-0.1, -0.05) is 12.1 Å². The largest absolute Gasteiger partial charge is 0.416 e. The van der Waals surface area contributed by atoms with E-state index >= 15 is 0 Å². The number of sulfonamides is 1. The molecule has 1 N–H and O–H groups in total. The highest BCUT2D eigenvalue weighted by atomic mass is 32.2. The quantitative estimate of drug-likeness (QED) is 0.697.